The van der Waals surface area contributed by atoms with Crippen molar-refractivity contribution in [1.29, 1.82) is 0 Å². The third kappa shape index (κ3) is 3.82. The summed E-state index contributed by atoms with van der Waals surface area (Å²) >= 11 is 0. The predicted molar refractivity (Wildman–Crippen MR) is 167 cm³/mol. The molecule has 0 N–H and O–H groups in total. The Morgan fingerprint density at radius 2 is 0.878 bits per heavy atom. The molecule has 0 radical (unpaired) electrons. The second-order valence-electron chi connectivity index (χ2n) is 10.2. The van der Waals surface area contributed by atoms with E-state index in [1.165, 1.54) is 0 Å². The summed E-state index contributed by atoms with van der Waals surface area (Å²) in [5.41, 5.74) is 7.83. The maximum Gasteiger partial charge on any atom is 0.135 e. The van der Waals surface area contributed by atoms with Gasteiger partial charge in [-0.2, -0.15) is 0 Å². The largest absolute Gasteiger partial charge is 0.464 e. The summed E-state index contributed by atoms with van der Waals surface area (Å²) in [6.07, 6.45) is 3.48. The molecule has 0 spiro atoms. The van der Waals surface area contributed by atoms with Crippen LogP contribution in [0.4, 0.5) is 0 Å². The Hall–Kier alpha value is -5.54. The molecule has 3 heteroatoms. The molecule has 0 amide bonds. The fourth-order valence-electron chi connectivity index (χ4n) is 6.06. The standard InChI is InChI=1S/C38H25NO2/c1-3-11-26(12-4-1)33-21-22-34(27-13-5-2-6-14-27)39(33)28-19-20-31-32(25-28)38(36-18-10-24-41-36)30-16-8-7-15-29(30)37(31)35-17-9-23-40-35/h1-25H. The predicted octanol–water partition coefficient (Wildman–Crippen LogP) is 10.6. The van der Waals surface area contributed by atoms with Crippen LogP contribution in [0.3, 0.4) is 0 Å². The summed E-state index contributed by atoms with van der Waals surface area (Å²) in [5, 5.41) is 4.47. The Labute approximate surface area is 237 Å². The van der Waals surface area contributed by atoms with Crippen LogP contribution in [0.2, 0.25) is 0 Å². The smallest absolute Gasteiger partial charge is 0.135 e. The highest BCUT2D eigenvalue weighted by atomic mass is 16.3. The van der Waals surface area contributed by atoms with Crippen molar-refractivity contribution in [1.82, 2.24) is 4.57 Å². The van der Waals surface area contributed by atoms with Gasteiger partial charge in [0.25, 0.3) is 0 Å². The van der Waals surface area contributed by atoms with Crippen LogP contribution in [0.15, 0.2) is 161 Å². The zero-order valence-electron chi connectivity index (χ0n) is 22.2. The van der Waals surface area contributed by atoms with E-state index in [2.05, 4.69) is 120 Å². The summed E-state index contributed by atoms with van der Waals surface area (Å²) in [5.74, 6) is 1.69. The summed E-state index contributed by atoms with van der Waals surface area (Å²) < 4.78 is 14.4. The zero-order chi connectivity index (χ0) is 27.2. The molecule has 41 heavy (non-hydrogen) atoms. The van der Waals surface area contributed by atoms with Crippen molar-refractivity contribution in [2.24, 2.45) is 0 Å². The van der Waals surface area contributed by atoms with Crippen LogP contribution in [0.1, 0.15) is 0 Å². The maximum atomic E-state index is 6.05. The first-order valence-corrected chi connectivity index (χ1v) is 13.8. The molecule has 8 aromatic rings. The number of aromatic nitrogens is 1. The van der Waals surface area contributed by atoms with Crippen molar-refractivity contribution >= 4 is 21.5 Å². The van der Waals surface area contributed by atoms with Crippen molar-refractivity contribution in [2.45, 2.75) is 0 Å². The first kappa shape index (κ1) is 23.4. The van der Waals surface area contributed by atoms with E-state index in [1.807, 2.05) is 24.3 Å². The Morgan fingerprint density at radius 1 is 0.390 bits per heavy atom. The Morgan fingerprint density at radius 3 is 1.39 bits per heavy atom. The van der Waals surface area contributed by atoms with Gasteiger partial charge in [0.1, 0.15) is 11.5 Å². The first-order valence-electron chi connectivity index (χ1n) is 13.8. The van der Waals surface area contributed by atoms with Crippen LogP contribution in [0, 0.1) is 0 Å². The number of benzene rings is 5. The molecule has 0 fully saturated rings. The fraction of sp³-hybridized carbons (Fsp3) is 0. The highest BCUT2D eigenvalue weighted by molar-refractivity contribution is 6.20. The average Bonchev–Trinajstić information content (AvgIpc) is 3.83. The summed E-state index contributed by atoms with van der Waals surface area (Å²) in [6, 6.07) is 48.8. The van der Waals surface area contributed by atoms with Gasteiger partial charge in [-0.05, 0) is 81.2 Å². The van der Waals surface area contributed by atoms with E-state index in [-0.39, 0.29) is 0 Å². The van der Waals surface area contributed by atoms with Crippen molar-refractivity contribution in [2.75, 3.05) is 0 Å². The van der Waals surface area contributed by atoms with Crippen LogP contribution in [-0.2, 0) is 0 Å². The number of rotatable bonds is 5. The lowest BCUT2D eigenvalue weighted by Gasteiger charge is -2.19. The van der Waals surface area contributed by atoms with Gasteiger partial charge in [-0.1, -0.05) is 91.0 Å². The minimum atomic E-state index is 0.841. The van der Waals surface area contributed by atoms with Crippen LogP contribution in [0.5, 0.6) is 0 Å². The summed E-state index contributed by atoms with van der Waals surface area (Å²) in [4.78, 5) is 0. The van der Waals surface area contributed by atoms with Gasteiger partial charge >= 0.3 is 0 Å². The van der Waals surface area contributed by atoms with Crippen molar-refractivity contribution in [3.05, 3.63) is 152 Å². The first-order chi connectivity index (χ1) is 20.4. The van der Waals surface area contributed by atoms with E-state index in [9.17, 15) is 0 Å². The molecule has 194 valence electrons. The van der Waals surface area contributed by atoms with E-state index in [0.717, 1.165) is 72.4 Å². The Bertz CT molecular complexity index is 2060. The van der Waals surface area contributed by atoms with E-state index in [1.54, 1.807) is 12.5 Å². The molecule has 3 aromatic heterocycles. The third-order valence-electron chi connectivity index (χ3n) is 7.82. The second-order valence-corrected chi connectivity index (χ2v) is 10.2. The molecule has 5 aromatic carbocycles. The number of nitrogens with zero attached hydrogens (tertiary/aromatic N) is 1. The fourth-order valence-corrected chi connectivity index (χ4v) is 6.06. The highest BCUT2D eigenvalue weighted by Crippen LogP contribution is 2.45. The van der Waals surface area contributed by atoms with Gasteiger partial charge in [0.05, 0.1) is 23.9 Å². The minimum absolute atomic E-state index is 0.841. The molecule has 8 rings (SSSR count). The molecule has 0 unspecified atom stereocenters. The molecule has 0 aliphatic rings. The molecule has 3 heterocycles. The van der Waals surface area contributed by atoms with Gasteiger partial charge in [-0.3, -0.25) is 0 Å². The van der Waals surface area contributed by atoms with Gasteiger partial charge in [0.15, 0.2) is 0 Å². The molecule has 0 aliphatic heterocycles. The van der Waals surface area contributed by atoms with Crippen LogP contribution < -0.4 is 0 Å². The Kier molecular flexibility index (Phi) is 5.46. The van der Waals surface area contributed by atoms with Gasteiger partial charge in [0, 0.05) is 16.8 Å². The molecule has 0 bridgehead atoms. The van der Waals surface area contributed by atoms with Crippen molar-refractivity contribution in [3.63, 3.8) is 0 Å². The Balaban J connectivity index is 1.49. The monoisotopic (exact) mass is 527 g/mol. The lowest BCUT2D eigenvalue weighted by molar-refractivity contribution is 0.582. The lowest BCUT2D eigenvalue weighted by Crippen LogP contribution is -2.00. The highest BCUT2D eigenvalue weighted by Gasteiger charge is 2.21. The number of fused-ring (bicyclic) bond motifs is 2. The van der Waals surface area contributed by atoms with E-state index < -0.39 is 0 Å². The number of hydrogen-bond donors (Lipinski definition) is 0. The van der Waals surface area contributed by atoms with Gasteiger partial charge in [0.2, 0.25) is 0 Å². The van der Waals surface area contributed by atoms with Gasteiger partial charge < -0.3 is 13.4 Å². The zero-order valence-corrected chi connectivity index (χ0v) is 22.2. The number of furan rings is 2. The molecular weight excluding hydrogens is 502 g/mol. The molecular formula is C38H25NO2. The van der Waals surface area contributed by atoms with Gasteiger partial charge in [-0.15, -0.1) is 0 Å². The van der Waals surface area contributed by atoms with Crippen LogP contribution >= 0.6 is 0 Å². The van der Waals surface area contributed by atoms with Crippen molar-refractivity contribution in [3.8, 4) is 50.8 Å². The SMILES string of the molecule is c1ccc(-c2ccc(-c3ccccc3)n2-c2ccc3c(-c4ccco4)c4ccccc4c(-c4ccco4)c3c2)cc1. The summed E-state index contributed by atoms with van der Waals surface area (Å²) in [6.45, 7) is 0. The summed E-state index contributed by atoms with van der Waals surface area (Å²) in [7, 11) is 0. The third-order valence-corrected chi connectivity index (χ3v) is 7.82. The van der Waals surface area contributed by atoms with Crippen LogP contribution in [-0.4, -0.2) is 4.57 Å². The second kappa shape index (κ2) is 9.58. The minimum Gasteiger partial charge on any atom is -0.464 e. The van der Waals surface area contributed by atoms with E-state index in [0.29, 0.717) is 0 Å². The maximum absolute atomic E-state index is 6.05. The lowest BCUT2D eigenvalue weighted by atomic mass is 9.89. The van der Waals surface area contributed by atoms with Crippen molar-refractivity contribution < 1.29 is 8.83 Å². The molecule has 0 saturated heterocycles. The topological polar surface area (TPSA) is 31.2 Å². The van der Waals surface area contributed by atoms with Crippen LogP contribution in [0.25, 0.3) is 72.4 Å². The quantitative estimate of drug-likeness (QED) is 0.208. The van der Waals surface area contributed by atoms with E-state index in [4.69, 9.17) is 8.83 Å². The average molecular weight is 528 g/mol. The molecule has 0 saturated carbocycles. The number of hydrogen-bond acceptors (Lipinski definition) is 2. The van der Waals surface area contributed by atoms with E-state index >= 15 is 0 Å². The normalized spacial score (nSPS) is 11.4. The molecule has 0 aliphatic carbocycles. The molecule has 3 nitrogen and oxygen atoms in total. The molecule has 0 atom stereocenters. The van der Waals surface area contributed by atoms with Gasteiger partial charge in [-0.25, -0.2) is 0 Å².